The molecule has 2 heterocycles. The molecule has 3 aromatic rings. The zero-order chi connectivity index (χ0) is 16.1. The fourth-order valence-corrected chi connectivity index (χ4v) is 2.88. The van der Waals surface area contributed by atoms with Crippen molar-refractivity contribution in [2.24, 2.45) is 0 Å². The van der Waals surface area contributed by atoms with E-state index in [1.165, 1.54) is 12.4 Å². The third-order valence-electron chi connectivity index (χ3n) is 3.15. The summed E-state index contributed by atoms with van der Waals surface area (Å²) < 4.78 is 0. The van der Waals surface area contributed by atoms with E-state index in [4.69, 9.17) is 0 Å². The molecule has 0 fully saturated rings. The summed E-state index contributed by atoms with van der Waals surface area (Å²) >= 11 is 1.58. The fraction of sp³-hybridized carbons (Fsp3) is 0.125. The van der Waals surface area contributed by atoms with Crippen molar-refractivity contribution < 1.29 is 4.79 Å². The first-order chi connectivity index (χ1) is 11.2. The van der Waals surface area contributed by atoms with Crippen molar-refractivity contribution in [2.45, 2.75) is 6.42 Å². The third kappa shape index (κ3) is 3.89. The molecule has 3 rings (SSSR count). The van der Waals surface area contributed by atoms with Crippen molar-refractivity contribution in [2.75, 3.05) is 6.54 Å². The number of thiazole rings is 1. The Kier molecular flexibility index (Phi) is 4.58. The van der Waals surface area contributed by atoms with Gasteiger partial charge < -0.3 is 10.3 Å². The van der Waals surface area contributed by atoms with Crippen LogP contribution in [0.2, 0.25) is 0 Å². The number of benzene rings is 1. The van der Waals surface area contributed by atoms with Crippen LogP contribution in [0.3, 0.4) is 0 Å². The molecule has 0 aliphatic carbocycles. The molecule has 0 unspecified atom stereocenters. The van der Waals surface area contributed by atoms with Crippen LogP contribution in [0.15, 0.2) is 52.9 Å². The van der Waals surface area contributed by atoms with Gasteiger partial charge in [0.2, 0.25) is 0 Å². The second kappa shape index (κ2) is 6.97. The van der Waals surface area contributed by atoms with E-state index in [0.29, 0.717) is 13.0 Å². The van der Waals surface area contributed by atoms with Crippen molar-refractivity contribution in [3.05, 3.63) is 69.8 Å². The average Bonchev–Trinajstić information content (AvgIpc) is 3.04. The minimum atomic E-state index is -0.366. The van der Waals surface area contributed by atoms with Crippen LogP contribution in [-0.2, 0) is 6.42 Å². The monoisotopic (exact) mass is 326 g/mol. The van der Waals surface area contributed by atoms with Crippen LogP contribution in [0.1, 0.15) is 16.2 Å². The molecule has 0 saturated carbocycles. The molecule has 0 atom stereocenters. The van der Waals surface area contributed by atoms with Gasteiger partial charge in [0.15, 0.2) is 0 Å². The Labute approximate surface area is 136 Å². The van der Waals surface area contributed by atoms with E-state index in [1.807, 2.05) is 35.7 Å². The van der Waals surface area contributed by atoms with Gasteiger partial charge in [-0.2, -0.15) is 0 Å². The van der Waals surface area contributed by atoms with Crippen molar-refractivity contribution in [3.63, 3.8) is 0 Å². The Morgan fingerprint density at radius 3 is 2.87 bits per heavy atom. The van der Waals surface area contributed by atoms with E-state index in [-0.39, 0.29) is 17.2 Å². The first kappa shape index (κ1) is 15.1. The molecular weight excluding hydrogens is 312 g/mol. The molecule has 0 aliphatic rings. The number of hydrogen-bond donors (Lipinski definition) is 2. The molecule has 2 aromatic heterocycles. The molecule has 7 heteroatoms. The lowest BCUT2D eigenvalue weighted by molar-refractivity contribution is 0.0949. The van der Waals surface area contributed by atoms with Gasteiger partial charge in [-0.25, -0.2) is 9.97 Å². The second-order valence-electron chi connectivity index (χ2n) is 4.81. The molecule has 0 saturated heterocycles. The van der Waals surface area contributed by atoms with E-state index >= 15 is 0 Å². The topological polar surface area (TPSA) is 87.7 Å². The fourth-order valence-electron chi connectivity index (χ4n) is 2.02. The van der Waals surface area contributed by atoms with Crippen LogP contribution in [-0.4, -0.2) is 27.4 Å². The lowest BCUT2D eigenvalue weighted by atomic mass is 10.2. The van der Waals surface area contributed by atoms with Gasteiger partial charge in [0.1, 0.15) is 10.7 Å². The number of aromatic amines is 1. The molecule has 23 heavy (non-hydrogen) atoms. The summed E-state index contributed by atoms with van der Waals surface area (Å²) in [6.07, 6.45) is 1.84. The van der Waals surface area contributed by atoms with Crippen LogP contribution < -0.4 is 10.9 Å². The Balaban J connectivity index is 1.56. The van der Waals surface area contributed by atoms with E-state index in [1.54, 1.807) is 11.3 Å². The summed E-state index contributed by atoms with van der Waals surface area (Å²) in [6.45, 7) is 0.436. The van der Waals surface area contributed by atoms with Gasteiger partial charge in [0.25, 0.3) is 11.5 Å². The van der Waals surface area contributed by atoms with Gasteiger partial charge in [-0.1, -0.05) is 30.3 Å². The SMILES string of the molecule is O=C(NCCc1csc(-c2ccccc2)n1)c1cc(=O)[nH]cn1. The quantitative estimate of drug-likeness (QED) is 0.749. The van der Waals surface area contributed by atoms with Crippen molar-refractivity contribution in [1.82, 2.24) is 20.3 Å². The minimum absolute atomic E-state index is 0.108. The van der Waals surface area contributed by atoms with Gasteiger partial charge in [-0.05, 0) is 0 Å². The standard InChI is InChI=1S/C16H14N4O2S/c21-14-8-13(18-10-19-14)15(22)17-7-6-12-9-23-16(20-12)11-4-2-1-3-5-11/h1-5,8-10H,6-7H2,(H,17,22)(H,18,19,21). The van der Waals surface area contributed by atoms with E-state index in [9.17, 15) is 9.59 Å². The number of amides is 1. The largest absolute Gasteiger partial charge is 0.350 e. The normalized spacial score (nSPS) is 10.4. The Bertz CT molecular complexity index is 858. The number of rotatable bonds is 5. The van der Waals surface area contributed by atoms with Crippen LogP contribution in [0.4, 0.5) is 0 Å². The highest BCUT2D eigenvalue weighted by molar-refractivity contribution is 7.13. The van der Waals surface area contributed by atoms with Gasteiger partial charge in [0.05, 0.1) is 12.0 Å². The Morgan fingerprint density at radius 1 is 1.26 bits per heavy atom. The van der Waals surface area contributed by atoms with Gasteiger partial charge in [-0.15, -0.1) is 11.3 Å². The van der Waals surface area contributed by atoms with Crippen LogP contribution >= 0.6 is 11.3 Å². The summed E-state index contributed by atoms with van der Waals surface area (Å²) in [6, 6.07) is 11.1. The summed E-state index contributed by atoms with van der Waals surface area (Å²) in [5.74, 6) is -0.366. The Morgan fingerprint density at radius 2 is 2.09 bits per heavy atom. The Hall–Kier alpha value is -2.80. The third-order valence-corrected chi connectivity index (χ3v) is 4.09. The summed E-state index contributed by atoms with van der Waals surface area (Å²) in [5, 5.41) is 5.68. The minimum Gasteiger partial charge on any atom is -0.350 e. The smallest absolute Gasteiger partial charge is 0.270 e. The highest BCUT2D eigenvalue weighted by atomic mass is 32.1. The lowest BCUT2D eigenvalue weighted by Gasteiger charge is -2.02. The maximum atomic E-state index is 11.9. The van der Waals surface area contributed by atoms with Gasteiger partial charge >= 0.3 is 0 Å². The number of carbonyl (C=O) groups is 1. The molecule has 0 radical (unpaired) electrons. The maximum absolute atomic E-state index is 11.9. The van der Waals surface area contributed by atoms with Crippen LogP contribution in [0, 0.1) is 0 Å². The van der Waals surface area contributed by atoms with E-state index in [2.05, 4.69) is 20.3 Å². The molecule has 116 valence electrons. The predicted octanol–water partition coefficient (Wildman–Crippen LogP) is 1.87. The van der Waals surface area contributed by atoms with Crippen LogP contribution in [0.25, 0.3) is 10.6 Å². The molecule has 0 bridgehead atoms. The van der Waals surface area contributed by atoms with Crippen molar-refractivity contribution in [1.29, 1.82) is 0 Å². The van der Waals surface area contributed by atoms with Crippen molar-refractivity contribution in [3.8, 4) is 10.6 Å². The lowest BCUT2D eigenvalue weighted by Crippen LogP contribution is -2.27. The zero-order valence-corrected chi connectivity index (χ0v) is 13.0. The first-order valence-corrected chi connectivity index (χ1v) is 7.93. The number of nitrogens with zero attached hydrogens (tertiary/aromatic N) is 2. The summed E-state index contributed by atoms with van der Waals surface area (Å²) in [5.41, 5.74) is 1.77. The van der Waals surface area contributed by atoms with Gasteiger partial charge in [0, 0.05) is 30.0 Å². The zero-order valence-electron chi connectivity index (χ0n) is 12.2. The van der Waals surface area contributed by atoms with Crippen molar-refractivity contribution >= 4 is 17.2 Å². The first-order valence-electron chi connectivity index (χ1n) is 7.05. The molecule has 2 N–H and O–H groups in total. The average molecular weight is 326 g/mol. The highest BCUT2D eigenvalue weighted by Crippen LogP contribution is 2.23. The predicted molar refractivity (Wildman–Crippen MR) is 88.4 cm³/mol. The molecule has 0 aliphatic heterocycles. The number of H-pyrrole nitrogens is 1. The van der Waals surface area contributed by atoms with Crippen LogP contribution in [0.5, 0.6) is 0 Å². The number of nitrogens with one attached hydrogen (secondary N) is 2. The molecule has 6 nitrogen and oxygen atoms in total. The molecule has 1 amide bonds. The van der Waals surface area contributed by atoms with Gasteiger partial charge in [-0.3, -0.25) is 9.59 Å². The van der Waals surface area contributed by atoms with E-state index < -0.39 is 0 Å². The molecular formula is C16H14N4O2S. The maximum Gasteiger partial charge on any atom is 0.270 e. The summed E-state index contributed by atoms with van der Waals surface area (Å²) in [4.78, 5) is 33.8. The van der Waals surface area contributed by atoms with E-state index in [0.717, 1.165) is 16.3 Å². The molecule has 1 aromatic carbocycles. The summed E-state index contributed by atoms with van der Waals surface area (Å²) in [7, 11) is 0. The number of carbonyl (C=O) groups excluding carboxylic acids is 1. The number of aromatic nitrogens is 3. The number of hydrogen-bond acceptors (Lipinski definition) is 5. The molecule has 0 spiro atoms. The second-order valence-corrected chi connectivity index (χ2v) is 5.67. The highest BCUT2D eigenvalue weighted by Gasteiger charge is 2.08.